The number of hydrogen-bond donors (Lipinski definition) is 1. The lowest BCUT2D eigenvalue weighted by molar-refractivity contribution is -0.385. The molecule has 8 nitrogen and oxygen atoms in total. The highest BCUT2D eigenvalue weighted by Gasteiger charge is 2.28. The molecule has 0 fully saturated rings. The van der Waals surface area contributed by atoms with E-state index < -0.39 is 16.3 Å². The van der Waals surface area contributed by atoms with Crippen molar-refractivity contribution in [3.8, 4) is 11.6 Å². The van der Waals surface area contributed by atoms with Gasteiger partial charge >= 0.3 is 0 Å². The lowest BCUT2D eigenvalue weighted by atomic mass is 10.1. The molecule has 0 saturated carbocycles. The first-order chi connectivity index (χ1) is 13.0. The van der Waals surface area contributed by atoms with Crippen molar-refractivity contribution in [1.29, 1.82) is 0 Å². The van der Waals surface area contributed by atoms with Crippen molar-refractivity contribution < 1.29 is 18.8 Å². The number of nitro groups is 1. The minimum Gasteiger partial charge on any atom is -0.436 e. The average Bonchev–Trinajstić information content (AvgIpc) is 2.93. The highest BCUT2D eigenvalue weighted by molar-refractivity contribution is 5.94. The highest BCUT2D eigenvalue weighted by atomic mass is 19.1. The summed E-state index contributed by atoms with van der Waals surface area (Å²) >= 11 is 0. The van der Waals surface area contributed by atoms with Gasteiger partial charge < -0.3 is 10.1 Å². The second-order valence-corrected chi connectivity index (χ2v) is 7.62. The predicted octanol–water partition coefficient (Wildman–Crippen LogP) is 4.31. The van der Waals surface area contributed by atoms with Gasteiger partial charge in [0.1, 0.15) is 0 Å². The number of carbonyl (C=O) groups excluding carboxylic acids is 1. The number of nitro benzene ring substituents is 1. The first-order valence-corrected chi connectivity index (χ1v) is 8.98. The van der Waals surface area contributed by atoms with E-state index in [4.69, 9.17) is 4.74 Å². The van der Waals surface area contributed by atoms with Crippen LogP contribution >= 0.6 is 0 Å². The molecule has 0 unspecified atom stereocenters. The van der Waals surface area contributed by atoms with E-state index in [1.807, 2.05) is 34.6 Å². The Morgan fingerprint density at radius 2 is 2.07 bits per heavy atom. The van der Waals surface area contributed by atoms with Crippen molar-refractivity contribution in [1.82, 2.24) is 15.1 Å². The maximum absolute atomic E-state index is 14.3. The number of rotatable bonds is 6. The number of hydrogen-bond acceptors (Lipinski definition) is 5. The standard InChI is InChI=1S/C19H25FN4O4/c1-7-11(2)21-17(25)16-12(3)18(23(22-16)19(4,5)6)28-15-9-8-13(24(26)27)10-14(15)20/h8-11H,7H2,1-6H3,(H,21,25)/t11-/m0/s1. The summed E-state index contributed by atoms with van der Waals surface area (Å²) < 4.78 is 21.5. The Morgan fingerprint density at radius 3 is 2.57 bits per heavy atom. The molecular formula is C19H25FN4O4. The Morgan fingerprint density at radius 1 is 1.43 bits per heavy atom. The Labute approximate surface area is 162 Å². The number of carbonyl (C=O) groups is 1. The maximum Gasteiger partial charge on any atom is 0.272 e. The van der Waals surface area contributed by atoms with Crippen LogP contribution in [0.1, 0.15) is 57.1 Å². The topological polar surface area (TPSA) is 99.3 Å². The molecule has 1 aromatic carbocycles. The molecule has 1 aromatic heterocycles. The minimum absolute atomic E-state index is 0.0248. The molecule has 0 aliphatic rings. The Kier molecular flexibility index (Phi) is 6.06. The van der Waals surface area contributed by atoms with E-state index in [0.29, 0.717) is 5.56 Å². The molecular weight excluding hydrogens is 367 g/mol. The van der Waals surface area contributed by atoms with Crippen molar-refractivity contribution in [2.45, 2.75) is 59.5 Å². The lowest BCUT2D eigenvalue weighted by Crippen LogP contribution is -2.33. The zero-order valence-corrected chi connectivity index (χ0v) is 16.9. The molecule has 1 N–H and O–H groups in total. The van der Waals surface area contributed by atoms with Crippen molar-refractivity contribution in [3.05, 3.63) is 45.4 Å². The normalized spacial score (nSPS) is 12.5. The van der Waals surface area contributed by atoms with Crippen LogP contribution in [-0.4, -0.2) is 26.7 Å². The summed E-state index contributed by atoms with van der Waals surface area (Å²) in [6, 6.07) is 3.11. The molecule has 2 aromatic rings. The van der Waals surface area contributed by atoms with Crippen LogP contribution in [0.5, 0.6) is 11.6 Å². The molecule has 152 valence electrons. The summed E-state index contributed by atoms with van der Waals surface area (Å²) in [5.41, 5.74) is -0.285. The number of amides is 1. The third-order valence-corrected chi connectivity index (χ3v) is 4.24. The number of halogens is 1. The van der Waals surface area contributed by atoms with E-state index in [2.05, 4.69) is 10.4 Å². The second-order valence-electron chi connectivity index (χ2n) is 7.62. The van der Waals surface area contributed by atoms with Gasteiger partial charge in [0, 0.05) is 17.7 Å². The minimum atomic E-state index is -0.874. The SMILES string of the molecule is CC[C@H](C)NC(=O)c1nn(C(C)(C)C)c(Oc2ccc([N+](=O)[O-])cc2F)c1C. The van der Waals surface area contributed by atoms with Crippen LogP contribution in [-0.2, 0) is 5.54 Å². The van der Waals surface area contributed by atoms with Gasteiger partial charge in [-0.25, -0.2) is 9.07 Å². The van der Waals surface area contributed by atoms with Crippen molar-refractivity contribution in [3.63, 3.8) is 0 Å². The van der Waals surface area contributed by atoms with E-state index in [1.165, 1.54) is 10.7 Å². The van der Waals surface area contributed by atoms with E-state index >= 15 is 0 Å². The van der Waals surface area contributed by atoms with Crippen molar-refractivity contribution in [2.24, 2.45) is 0 Å². The van der Waals surface area contributed by atoms with Crippen LogP contribution in [0.4, 0.5) is 10.1 Å². The van der Waals surface area contributed by atoms with Gasteiger partial charge in [-0.2, -0.15) is 5.10 Å². The van der Waals surface area contributed by atoms with Gasteiger partial charge in [0.2, 0.25) is 5.88 Å². The van der Waals surface area contributed by atoms with E-state index in [-0.39, 0.29) is 35.0 Å². The lowest BCUT2D eigenvalue weighted by Gasteiger charge is -2.22. The van der Waals surface area contributed by atoms with Gasteiger partial charge in [-0.1, -0.05) is 6.92 Å². The third kappa shape index (κ3) is 4.47. The fourth-order valence-electron chi connectivity index (χ4n) is 2.46. The molecule has 28 heavy (non-hydrogen) atoms. The van der Waals surface area contributed by atoms with Gasteiger partial charge in [-0.05, 0) is 47.1 Å². The largest absolute Gasteiger partial charge is 0.436 e. The zero-order valence-electron chi connectivity index (χ0n) is 16.9. The Balaban J connectivity index is 2.48. The Bertz CT molecular complexity index is 902. The predicted molar refractivity (Wildman–Crippen MR) is 102 cm³/mol. The number of ether oxygens (including phenoxy) is 1. The summed E-state index contributed by atoms with van der Waals surface area (Å²) in [5.74, 6) is -1.20. The zero-order chi connectivity index (χ0) is 21.2. The quantitative estimate of drug-likeness (QED) is 0.583. The molecule has 0 aliphatic carbocycles. The fourth-order valence-corrected chi connectivity index (χ4v) is 2.46. The van der Waals surface area contributed by atoms with Gasteiger partial charge in [0.15, 0.2) is 17.3 Å². The average molecular weight is 392 g/mol. The van der Waals surface area contributed by atoms with Gasteiger partial charge in [0.25, 0.3) is 11.6 Å². The van der Waals surface area contributed by atoms with E-state index in [0.717, 1.165) is 18.6 Å². The van der Waals surface area contributed by atoms with Crippen LogP contribution in [0.2, 0.25) is 0 Å². The molecule has 2 rings (SSSR count). The summed E-state index contributed by atoms with van der Waals surface area (Å²) in [5, 5.41) is 18.0. The number of nitrogens with zero attached hydrogens (tertiary/aromatic N) is 3. The molecule has 0 spiro atoms. The first kappa shape index (κ1) is 21.3. The van der Waals surface area contributed by atoms with E-state index in [9.17, 15) is 19.3 Å². The summed E-state index contributed by atoms with van der Waals surface area (Å²) in [6.07, 6.45) is 0.766. The van der Waals surface area contributed by atoms with Crippen molar-refractivity contribution in [2.75, 3.05) is 0 Å². The van der Waals surface area contributed by atoms with Crippen LogP contribution < -0.4 is 10.1 Å². The first-order valence-electron chi connectivity index (χ1n) is 8.98. The summed E-state index contributed by atoms with van der Waals surface area (Å²) in [7, 11) is 0. The highest BCUT2D eigenvalue weighted by Crippen LogP contribution is 2.34. The van der Waals surface area contributed by atoms with Crippen LogP contribution in [0.15, 0.2) is 18.2 Å². The van der Waals surface area contributed by atoms with Crippen molar-refractivity contribution >= 4 is 11.6 Å². The summed E-state index contributed by atoms with van der Waals surface area (Å²) in [4.78, 5) is 22.7. The Hall–Kier alpha value is -2.97. The van der Waals surface area contributed by atoms with Crippen LogP contribution in [0, 0.1) is 22.9 Å². The fraction of sp³-hybridized carbons (Fsp3) is 0.474. The van der Waals surface area contributed by atoms with Crippen LogP contribution in [0.25, 0.3) is 0 Å². The summed E-state index contributed by atoms with van der Waals surface area (Å²) in [6.45, 7) is 11.1. The number of nitrogens with one attached hydrogen (secondary N) is 1. The molecule has 1 atom stereocenters. The molecule has 0 radical (unpaired) electrons. The molecule has 0 aliphatic heterocycles. The molecule has 1 heterocycles. The number of benzene rings is 1. The molecule has 0 saturated heterocycles. The molecule has 1 amide bonds. The second kappa shape index (κ2) is 7.95. The number of aromatic nitrogens is 2. The molecule has 9 heteroatoms. The smallest absolute Gasteiger partial charge is 0.272 e. The third-order valence-electron chi connectivity index (χ3n) is 4.24. The van der Waals surface area contributed by atoms with Gasteiger partial charge in [0.05, 0.1) is 16.5 Å². The van der Waals surface area contributed by atoms with Gasteiger partial charge in [-0.15, -0.1) is 0 Å². The molecule has 0 bridgehead atoms. The van der Waals surface area contributed by atoms with Gasteiger partial charge in [-0.3, -0.25) is 14.9 Å². The monoisotopic (exact) mass is 392 g/mol. The van der Waals surface area contributed by atoms with E-state index in [1.54, 1.807) is 6.92 Å². The maximum atomic E-state index is 14.3. The van der Waals surface area contributed by atoms with Crippen LogP contribution in [0.3, 0.4) is 0 Å². The number of non-ortho nitro benzene ring substituents is 1.